The summed E-state index contributed by atoms with van der Waals surface area (Å²) in [6, 6.07) is 0. The fourth-order valence-corrected chi connectivity index (χ4v) is 3.14. The maximum Gasteiger partial charge on any atom is 0.437 e. The Morgan fingerprint density at radius 3 is 1.52 bits per heavy atom. The van der Waals surface area contributed by atoms with E-state index in [1.54, 1.807) is 20.8 Å². The third kappa shape index (κ3) is 3.18. The van der Waals surface area contributed by atoms with E-state index < -0.39 is 46.6 Å². The first-order valence-corrected chi connectivity index (χ1v) is 7.16. The van der Waals surface area contributed by atoms with Crippen LogP contribution < -0.4 is 0 Å². The Balaban J connectivity index is 3.58. The van der Waals surface area contributed by atoms with Gasteiger partial charge in [0, 0.05) is 6.42 Å². The molecule has 1 aliphatic heterocycles. The third-order valence-corrected chi connectivity index (χ3v) is 4.39. The van der Waals surface area contributed by atoms with E-state index in [9.17, 15) is 31.1 Å². The molecule has 136 valence electrons. The second-order valence-electron chi connectivity index (χ2n) is 8.46. The summed E-state index contributed by atoms with van der Waals surface area (Å²) in [7, 11) is 0. The summed E-state index contributed by atoms with van der Waals surface area (Å²) in [6.45, 7) is 9.37. The molecule has 0 amide bonds. The molecule has 0 aromatic heterocycles. The van der Waals surface area contributed by atoms with Gasteiger partial charge >= 0.3 is 23.9 Å². The highest BCUT2D eigenvalue weighted by Crippen LogP contribution is 2.63. The van der Waals surface area contributed by atoms with Gasteiger partial charge in [0.2, 0.25) is 0 Å². The summed E-state index contributed by atoms with van der Waals surface area (Å²) >= 11 is 0. The zero-order valence-corrected chi connectivity index (χ0v) is 14.0. The third-order valence-electron chi connectivity index (χ3n) is 4.39. The number of carbonyl (C=O) groups excluding carboxylic acids is 1. The molecule has 0 radical (unpaired) electrons. The van der Waals surface area contributed by atoms with Crippen LogP contribution in [0.3, 0.4) is 0 Å². The maximum atomic E-state index is 13.3. The van der Waals surface area contributed by atoms with Crippen molar-refractivity contribution in [1.29, 1.82) is 0 Å². The zero-order chi connectivity index (χ0) is 18.7. The molecule has 0 spiro atoms. The Hall–Kier alpha value is -0.950. The highest BCUT2D eigenvalue weighted by Gasteiger charge is 2.81. The van der Waals surface area contributed by atoms with Gasteiger partial charge in [-0.2, -0.15) is 26.3 Å². The van der Waals surface area contributed by atoms with Crippen molar-refractivity contribution in [2.75, 3.05) is 0 Å². The predicted octanol–water partition coefficient (Wildman–Crippen LogP) is 5.27. The van der Waals surface area contributed by atoms with Crippen molar-refractivity contribution in [3.8, 4) is 0 Å². The minimum absolute atomic E-state index is 0.143. The van der Waals surface area contributed by atoms with E-state index in [0.717, 1.165) is 0 Å². The highest BCUT2D eigenvalue weighted by molar-refractivity contribution is 5.81. The lowest BCUT2D eigenvalue weighted by molar-refractivity contribution is -0.362. The number of cyclic esters (lactones) is 1. The van der Waals surface area contributed by atoms with Crippen LogP contribution in [0.15, 0.2) is 0 Å². The van der Waals surface area contributed by atoms with Crippen molar-refractivity contribution in [2.45, 2.75) is 72.3 Å². The number of halogens is 6. The van der Waals surface area contributed by atoms with Gasteiger partial charge in [0.05, 0.1) is 5.41 Å². The average molecular weight is 348 g/mol. The van der Waals surface area contributed by atoms with Crippen LogP contribution in [0.4, 0.5) is 26.3 Å². The van der Waals surface area contributed by atoms with Crippen molar-refractivity contribution in [3.63, 3.8) is 0 Å². The summed E-state index contributed by atoms with van der Waals surface area (Å²) in [5.41, 5.74) is -8.11. The molecule has 1 saturated heterocycles. The van der Waals surface area contributed by atoms with Crippen LogP contribution in [0.1, 0.15) is 54.4 Å². The standard InChI is InChI=1S/C15H22F6O2/c1-10(2,3)7-12(11(4,5)6)8-13(14(16,17)18,15(19,20)21)23-9(12)22/h7-8H2,1-6H3. The van der Waals surface area contributed by atoms with E-state index in [-0.39, 0.29) is 6.42 Å². The number of esters is 1. The molecule has 1 rings (SSSR count). The number of rotatable bonds is 1. The molecular formula is C15H22F6O2. The van der Waals surface area contributed by atoms with E-state index in [4.69, 9.17) is 0 Å². The zero-order valence-electron chi connectivity index (χ0n) is 14.0. The minimum atomic E-state index is -5.73. The molecule has 1 aliphatic rings. The van der Waals surface area contributed by atoms with Gasteiger partial charge in [-0.1, -0.05) is 41.5 Å². The monoisotopic (exact) mass is 348 g/mol. The molecule has 2 nitrogen and oxygen atoms in total. The Kier molecular flexibility index (Phi) is 4.39. The molecule has 8 heteroatoms. The van der Waals surface area contributed by atoms with E-state index in [1.807, 2.05) is 0 Å². The molecule has 0 bridgehead atoms. The van der Waals surface area contributed by atoms with Gasteiger partial charge in [0.15, 0.2) is 0 Å². The molecule has 1 unspecified atom stereocenters. The molecule has 1 fully saturated rings. The summed E-state index contributed by atoms with van der Waals surface area (Å²) in [4.78, 5) is 12.3. The molecule has 0 aromatic carbocycles. The van der Waals surface area contributed by atoms with Gasteiger partial charge in [-0.05, 0) is 17.3 Å². The maximum absolute atomic E-state index is 13.3. The van der Waals surface area contributed by atoms with Gasteiger partial charge in [-0.15, -0.1) is 0 Å². The van der Waals surface area contributed by atoms with Crippen molar-refractivity contribution in [3.05, 3.63) is 0 Å². The Bertz CT molecular complexity index is 464. The Labute approximate surface area is 131 Å². The predicted molar refractivity (Wildman–Crippen MR) is 71.5 cm³/mol. The first kappa shape index (κ1) is 20.1. The van der Waals surface area contributed by atoms with E-state index in [1.165, 1.54) is 20.8 Å². The van der Waals surface area contributed by atoms with Gasteiger partial charge in [0.1, 0.15) is 0 Å². The van der Waals surface area contributed by atoms with Crippen molar-refractivity contribution in [1.82, 2.24) is 0 Å². The molecule has 0 aliphatic carbocycles. The van der Waals surface area contributed by atoms with Crippen LogP contribution in [0.25, 0.3) is 0 Å². The largest absolute Gasteiger partial charge is 0.439 e. The molecule has 1 atom stereocenters. The van der Waals surface area contributed by atoms with Crippen molar-refractivity contribution >= 4 is 5.97 Å². The van der Waals surface area contributed by atoms with E-state index in [0.29, 0.717) is 0 Å². The summed E-state index contributed by atoms with van der Waals surface area (Å²) in [5.74, 6) is -1.44. The van der Waals surface area contributed by atoms with Crippen LogP contribution in [-0.2, 0) is 9.53 Å². The Morgan fingerprint density at radius 1 is 0.913 bits per heavy atom. The number of hydrogen-bond acceptors (Lipinski definition) is 2. The number of hydrogen-bond donors (Lipinski definition) is 0. The van der Waals surface area contributed by atoms with Crippen LogP contribution in [0, 0.1) is 16.2 Å². The van der Waals surface area contributed by atoms with Gasteiger partial charge < -0.3 is 4.74 Å². The molecule has 23 heavy (non-hydrogen) atoms. The quantitative estimate of drug-likeness (QED) is 0.477. The SMILES string of the molecule is CC(C)(C)CC1(C(C)(C)C)CC(C(F)(F)F)(C(F)(F)F)OC1=O. The molecule has 0 N–H and O–H groups in total. The van der Waals surface area contributed by atoms with Crippen LogP contribution in [0.5, 0.6) is 0 Å². The second-order valence-corrected chi connectivity index (χ2v) is 8.46. The lowest BCUT2D eigenvalue weighted by atomic mass is 9.57. The number of ether oxygens (including phenoxy) is 1. The smallest absolute Gasteiger partial charge is 0.437 e. The molecule has 0 aromatic rings. The van der Waals surface area contributed by atoms with Crippen molar-refractivity contribution in [2.24, 2.45) is 16.2 Å². The summed E-state index contributed by atoms with van der Waals surface area (Å²) < 4.78 is 83.6. The van der Waals surface area contributed by atoms with Gasteiger partial charge in [0.25, 0.3) is 0 Å². The first-order valence-electron chi connectivity index (χ1n) is 7.16. The average Bonchev–Trinajstić information content (AvgIpc) is 2.49. The normalized spacial score (nSPS) is 26.3. The fourth-order valence-electron chi connectivity index (χ4n) is 3.14. The van der Waals surface area contributed by atoms with Crippen molar-refractivity contribution < 1.29 is 35.9 Å². The van der Waals surface area contributed by atoms with E-state index in [2.05, 4.69) is 4.74 Å². The first-order chi connectivity index (χ1) is 9.79. The van der Waals surface area contributed by atoms with E-state index >= 15 is 0 Å². The fraction of sp³-hybridized carbons (Fsp3) is 0.933. The van der Waals surface area contributed by atoms with Crippen LogP contribution >= 0.6 is 0 Å². The molecular weight excluding hydrogens is 326 g/mol. The highest BCUT2D eigenvalue weighted by atomic mass is 19.4. The second kappa shape index (κ2) is 5.02. The number of carbonyl (C=O) groups is 1. The van der Waals surface area contributed by atoms with Gasteiger partial charge in [-0.3, -0.25) is 4.79 Å². The Morgan fingerprint density at radius 2 is 1.30 bits per heavy atom. The van der Waals surface area contributed by atoms with Crippen LogP contribution in [-0.4, -0.2) is 23.9 Å². The molecule has 0 saturated carbocycles. The van der Waals surface area contributed by atoms with Gasteiger partial charge in [-0.25, -0.2) is 0 Å². The topological polar surface area (TPSA) is 26.3 Å². The summed E-state index contributed by atoms with van der Waals surface area (Å²) in [5, 5.41) is 0. The summed E-state index contributed by atoms with van der Waals surface area (Å²) in [6.07, 6.45) is -13.1. The lowest BCUT2D eigenvalue weighted by Crippen LogP contribution is -2.57. The molecule has 1 heterocycles. The van der Waals surface area contributed by atoms with Crippen LogP contribution in [0.2, 0.25) is 0 Å². The lowest BCUT2D eigenvalue weighted by Gasteiger charge is -2.43. The minimum Gasteiger partial charge on any atom is -0.439 e. The number of alkyl halides is 6.